The average molecular weight is 351 g/mol. The SMILES string of the molecule is COCCNC(=O)c1cc(-c2ccc(OC)cc2)sc1NC(N)O. The van der Waals surface area contributed by atoms with Gasteiger partial charge in [0.1, 0.15) is 10.8 Å². The molecule has 0 radical (unpaired) electrons. The number of hydrogen-bond acceptors (Lipinski definition) is 7. The predicted octanol–water partition coefficient (Wildman–Crippen LogP) is 1.45. The van der Waals surface area contributed by atoms with E-state index in [0.29, 0.717) is 23.7 Å². The highest BCUT2D eigenvalue weighted by Gasteiger charge is 2.18. The van der Waals surface area contributed by atoms with Crippen molar-refractivity contribution in [3.05, 3.63) is 35.9 Å². The van der Waals surface area contributed by atoms with Crippen LogP contribution in [-0.2, 0) is 4.74 Å². The molecule has 1 heterocycles. The molecule has 0 fully saturated rings. The van der Waals surface area contributed by atoms with Gasteiger partial charge in [-0.1, -0.05) is 0 Å². The monoisotopic (exact) mass is 351 g/mol. The summed E-state index contributed by atoms with van der Waals surface area (Å²) in [6.45, 7) is 0.817. The van der Waals surface area contributed by atoms with Gasteiger partial charge in [-0.05, 0) is 35.9 Å². The van der Waals surface area contributed by atoms with Gasteiger partial charge in [0.25, 0.3) is 5.91 Å². The third-order valence-corrected chi connectivity index (χ3v) is 4.34. The van der Waals surface area contributed by atoms with Gasteiger partial charge in [0.15, 0.2) is 6.35 Å². The first-order chi connectivity index (χ1) is 11.5. The van der Waals surface area contributed by atoms with Crippen LogP contribution in [0.25, 0.3) is 10.4 Å². The smallest absolute Gasteiger partial charge is 0.254 e. The lowest BCUT2D eigenvalue weighted by Crippen LogP contribution is -2.31. The minimum Gasteiger partial charge on any atom is -0.497 e. The fourth-order valence-corrected chi connectivity index (χ4v) is 3.15. The Balaban J connectivity index is 2.27. The molecule has 0 aliphatic carbocycles. The Bertz CT molecular complexity index is 670. The summed E-state index contributed by atoms with van der Waals surface area (Å²) in [5.41, 5.74) is 6.74. The Morgan fingerprint density at radius 2 is 2.04 bits per heavy atom. The van der Waals surface area contributed by atoms with Gasteiger partial charge in [-0.15, -0.1) is 11.3 Å². The second-order valence-corrected chi connectivity index (χ2v) is 5.97. The number of ether oxygens (including phenoxy) is 2. The van der Waals surface area contributed by atoms with E-state index in [9.17, 15) is 9.90 Å². The molecule has 130 valence electrons. The van der Waals surface area contributed by atoms with Crippen molar-refractivity contribution in [3.63, 3.8) is 0 Å². The second kappa shape index (κ2) is 8.65. The summed E-state index contributed by atoms with van der Waals surface area (Å²) >= 11 is 1.34. The van der Waals surface area contributed by atoms with Crippen LogP contribution >= 0.6 is 11.3 Å². The quantitative estimate of drug-likeness (QED) is 0.424. The summed E-state index contributed by atoms with van der Waals surface area (Å²) in [5.74, 6) is 0.495. The van der Waals surface area contributed by atoms with Gasteiger partial charge in [0.2, 0.25) is 0 Å². The van der Waals surface area contributed by atoms with Crippen LogP contribution in [0.2, 0.25) is 0 Å². The third-order valence-electron chi connectivity index (χ3n) is 3.22. The number of rotatable bonds is 8. The van der Waals surface area contributed by atoms with Crippen LogP contribution in [0.1, 0.15) is 10.4 Å². The Morgan fingerprint density at radius 1 is 1.33 bits per heavy atom. The van der Waals surface area contributed by atoms with E-state index < -0.39 is 6.35 Å². The topological polar surface area (TPSA) is 106 Å². The molecule has 1 aromatic carbocycles. The molecule has 2 aromatic rings. The molecule has 1 amide bonds. The summed E-state index contributed by atoms with van der Waals surface area (Å²) in [7, 11) is 3.17. The molecule has 0 spiro atoms. The van der Waals surface area contributed by atoms with Crippen LogP contribution in [0.3, 0.4) is 0 Å². The van der Waals surface area contributed by atoms with Crippen LogP contribution in [0.5, 0.6) is 5.75 Å². The molecule has 1 atom stereocenters. The Kier molecular flexibility index (Phi) is 6.56. The molecule has 0 saturated heterocycles. The first kappa shape index (κ1) is 18.2. The van der Waals surface area contributed by atoms with Crippen molar-refractivity contribution < 1.29 is 19.4 Å². The van der Waals surface area contributed by atoms with E-state index in [2.05, 4.69) is 10.6 Å². The number of benzene rings is 1. The van der Waals surface area contributed by atoms with Gasteiger partial charge in [0.05, 0.1) is 19.3 Å². The van der Waals surface area contributed by atoms with E-state index in [0.717, 1.165) is 16.2 Å². The first-order valence-corrected chi connectivity index (χ1v) is 8.12. The van der Waals surface area contributed by atoms with E-state index in [4.69, 9.17) is 15.2 Å². The van der Waals surface area contributed by atoms with Gasteiger partial charge in [-0.3, -0.25) is 10.5 Å². The number of anilines is 1. The molecule has 8 heteroatoms. The lowest BCUT2D eigenvalue weighted by molar-refractivity contribution is 0.0938. The summed E-state index contributed by atoms with van der Waals surface area (Å²) in [6.07, 6.45) is -1.25. The van der Waals surface area contributed by atoms with E-state index in [-0.39, 0.29) is 5.91 Å². The fraction of sp³-hybridized carbons (Fsp3) is 0.312. The second-order valence-electron chi connectivity index (χ2n) is 4.92. The van der Waals surface area contributed by atoms with Gasteiger partial charge in [0, 0.05) is 18.5 Å². The number of thiophene rings is 1. The summed E-state index contributed by atoms with van der Waals surface area (Å²) in [5, 5.41) is 15.3. The van der Waals surface area contributed by atoms with Crippen LogP contribution in [0.4, 0.5) is 5.00 Å². The average Bonchev–Trinajstić information content (AvgIpc) is 2.98. The highest BCUT2D eigenvalue weighted by Crippen LogP contribution is 2.36. The summed E-state index contributed by atoms with van der Waals surface area (Å²) < 4.78 is 10.1. The van der Waals surface area contributed by atoms with E-state index in [1.54, 1.807) is 20.3 Å². The number of hydrogen-bond donors (Lipinski definition) is 4. The minimum absolute atomic E-state index is 0.258. The molecule has 1 aromatic heterocycles. The normalized spacial score (nSPS) is 11.8. The highest BCUT2D eigenvalue weighted by atomic mass is 32.1. The number of nitrogens with two attached hydrogens (primary N) is 1. The maximum Gasteiger partial charge on any atom is 0.254 e. The van der Waals surface area contributed by atoms with Crippen LogP contribution in [0, 0.1) is 0 Å². The maximum absolute atomic E-state index is 12.3. The fourth-order valence-electron chi connectivity index (χ4n) is 2.06. The molecule has 0 aliphatic rings. The highest BCUT2D eigenvalue weighted by molar-refractivity contribution is 7.19. The van der Waals surface area contributed by atoms with Crippen molar-refractivity contribution in [1.29, 1.82) is 0 Å². The van der Waals surface area contributed by atoms with Crippen molar-refractivity contribution in [2.45, 2.75) is 6.35 Å². The molecule has 24 heavy (non-hydrogen) atoms. The van der Waals surface area contributed by atoms with E-state index in [1.807, 2.05) is 24.3 Å². The number of aliphatic hydroxyl groups is 1. The van der Waals surface area contributed by atoms with Gasteiger partial charge in [-0.2, -0.15) is 0 Å². The number of aliphatic hydroxyl groups excluding tert-OH is 1. The summed E-state index contributed by atoms with van der Waals surface area (Å²) in [6, 6.07) is 9.26. The molecule has 0 aliphatic heterocycles. The Hall–Kier alpha value is -2.13. The molecule has 7 nitrogen and oxygen atoms in total. The number of carbonyl (C=O) groups excluding carboxylic acids is 1. The molecule has 0 saturated carbocycles. The molecule has 1 unspecified atom stereocenters. The van der Waals surface area contributed by atoms with Crippen molar-refractivity contribution in [2.75, 3.05) is 32.7 Å². The lowest BCUT2D eigenvalue weighted by Gasteiger charge is -2.09. The minimum atomic E-state index is -1.25. The van der Waals surface area contributed by atoms with Crippen LogP contribution < -0.4 is 21.1 Å². The number of methoxy groups -OCH3 is 2. The zero-order valence-electron chi connectivity index (χ0n) is 13.5. The third kappa shape index (κ3) is 4.68. The van der Waals surface area contributed by atoms with Crippen LogP contribution in [0.15, 0.2) is 30.3 Å². The standard InChI is InChI=1S/C16H21N3O4S/c1-22-8-7-18-14(20)12-9-13(24-15(12)19-16(17)21)10-3-5-11(23-2)6-4-10/h3-6,9,16,19,21H,7-8,17H2,1-2H3,(H,18,20). The molecular formula is C16H21N3O4S. The Labute approximate surface area is 144 Å². The molecule has 2 rings (SSSR count). The summed E-state index contributed by atoms with van der Waals surface area (Å²) in [4.78, 5) is 13.2. The number of carbonyl (C=O) groups is 1. The predicted molar refractivity (Wildman–Crippen MR) is 94.3 cm³/mol. The van der Waals surface area contributed by atoms with E-state index >= 15 is 0 Å². The zero-order valence-corrected chi connectivity index (χ0v) is 14.4. The molecule has 5 N–H and O–H groups in total. The Morgan fingerprint density at radius 3 is 2.62 bits per heavy atom. The van der Waals surface area contributed by atoms with Gasteiger partial charge in [-0.25, -0.2) is 0 Å². The van der Waals surface area contributed by atoms with Crippen molar-refractivity contribution in [1.82, 2.24) is 5.32 Å². The first-order valence-electron chi connectivity index (χ1n) is 7.30. The number of nitrogens with one attached hydrogen (secondary N) is 2. The van der Waals surface area contributed by atoms with E-state index in [1.165, 1.54) is 11.3 Å². The van der Waals surface area contributed by atoms with Gasteiger partial charge < -0.3 is 25.2 Å². The van der Waals surface area contributed by atoms with Crippen molar-refractivity contribution in [2.24, 2.45) is 5.73 Å². The number of amides is 1. The van der Waals surface area contributed by atoms with Crippen molar-refractivity contribution in [3.8, 4) is 16.2 Å². The maximum atomic E-state index is 12.3. The van der Waals surface area contributed by atoms with Crippen LogP contribution in [-0.4, -0.2) is 44.7 Å². The molecular weight excluding hydrogens is 330 g/mol. The molecule has 0 bridgehead atoms. The van der Waals surface area contributed by atoms with Gasteiger partial charge >= 0.3 is 0 Å². The lowest BCUT2D eigenvalue weighted by atomic mass is 10.1. The van der Waals surface area contributed by atoms with Crippen molar-refractivity contribution >= 4 is 22.2 Å². The zero-order chi connectivity index (χ0) is 17.5. The largest absolute Gasteiger partial charge is 0.497 e.